The van der Waals surface area contributed by atoms with Crippen LogP contribution in [-0.2, 0) is 15.3 Å². The van der Waals surface area contributed by atoms with Crippen molar-refractivity contribution in [3.8, 4) is 5.75 Å². The molecular formula is C21H21F3N2O5S. The number of piperidine rings is 1. The number of hydrogen-bond acceptors (Lipinski definition) is 6. The number of rotatable bonds is 6. The Hall–Kier alpha value is -2.56. The fourth-order valence-corrected chi connectivity index (χ4v) is 5.08. The molecule has 2 unspecified atom stereocenters. The third kappa shape index (κ3) is 3.87. The average Bonchev–Trinajstić information content (AvgIpc) is 3.60. The zero-order valence-electron chi connectivity index (χ0n) is 17.2. The van der Waals surface area contributed by atoms with E-state index in [9.17, 15) is 26.4 Å². The van der Waals surface area contributed by atoms with Gasteiger partial charge in [0.15, 0.2) is 22.3 Å². The summed E-state index contributed by atoms with van der Waals surface area (Å²) in [6.45, 7) is -0.831. The van der Waals surface area contributed by atoms with Crippen molar-refractivity contribution in [3.63, 3.8) is 0 Å². The molecule has 2 heterocycles. The van der Waals surface area contributed by atoms with E-state index in [1.807, 2.05) is 0 Å². The summed E-state index contributed by atoms with van der Waals surface area (Å²) in [4.78, 5) is 19.2. The Morgan fingerprint density at radius 3 is 2.75 bits per heavy atom. The summed E-state index contributed by atoms with van der Waals surface area (Å²) >= 11 is 0. The Morgan fingerprint density at radius 2 is 2.09 bits per heavy atom. The molecule has 2 saturated carbocycles. The zero-order valence-corrected chi connectivity index (χ0v) is 18.0. The number of alkyl halides is 3. The molecular weight excluding hydrogens is 449 g/mol. The second-order valence-electron chi connectivity index (χ2n) is 8.92. The number of aromatic nitrogens is 1. The highest BCUT2D eigenvalue weighted by atomic mass is 32.2. The van der Waals surface area contributed by atoms with Crippen molar-refractivity contribution < 1.29 is 35.5 Å². The molecule has 1 amide bonds. The summed E-state index contributed by atoms with van der Waals surface area (Å²) in [5.74, 6) is 0.398. The van der Waals surface area contributed by atoms with Crippen LogP contribution in [0.1, 0.15) is 47.1 Å². The quantitative estimate of drug-likeness (QED) is 0.644. The highest BCUT2D eigenvalue weighted by Gasteiger charge is 2.63. The van der Waals surface area contributed by atoms with E-state index in [2.05, 4.69) is 4.98 Å². The van der Waals surface area contributed by atoms with Gasteiger partial charge in [-0.25, -0.2) is 13.4 Å². The molecule has 2 aliphatic carbocycles. The van der Waals surface area contributed by atoms with Crippen LogP contribution in [0.25, 0.3) is 0 Å². The van der Waals surface area contributed by atoms with E-state index in [1.165, 1.54) is 4.90 Å². The highest BCUT2D eigenvalue weighted by molar-refractivity contribution is 7.90. The van der Waals surface area contributed by atoms with E-state index >= 15 is 0 Å². The van der Waals surface area contributed by atoms with Crippen molar-refractivity contribution in [2.45, 2.75) is 41.7 Å². The van der Waals surface area contributed by atoms with Crippen LogP contribution in [0.2, 0.25) is 0 Å². The lowest BCUT2D eigenvalue weighted by Gasteiger charge is -2.22. The van der Waals surface area contributed by atoms with Crippen LogP contribution in [0.4, 0.5) is 13.2 Å². The molecule has 7 nitrogen and oxygen atoms in total. The van der Waals surface area contributed by atoms with E-state index in [1.54, 1.807) is 6.26 Å². The fourth-order valence-electron chi connectivity index (χ4n) is 4.43. The maximum absolute atomic E-state index is 13.3. The van der Waals surface area contributed by atoms with Gasteiger partial charge in [-0.05, 0) is 43.4 Å². The minimum Gasteiger partial charge on any atom is -0.483 e. The molecule has 172 valence electrons. The van der Waals surface area contributed by atoms with E-state index in [0.29, 0.717) is 24.9 Å². The van der Waals surface area contributed by atoms with Gasteiger partial charge in [0.05, 0.1) is 16.2 Å². The normalized spacial score (nSPS) is 25.0. The molecule has 2 aromatic rings. The average molecular weight is 470 g/mol. The molecule has 0 bridgehead atoms. The molecule has 2 atom stereocenters. The standard InChI is InChI=1S/C21H21F3N2O5S/c1-32(28,29)14-4-5-16(31-11-21(22,23)24)15(6-14)19(27)26-8-13-7-20(13,10-26)17-9-30-18(25-17)12-2-3-12/h4-6,9,12-13H,2-3,7-8,10-11H2,1H3. The van der Waals surface area contributed by atoms with Gasteiger partial charge in [-0.2, -0.15) is 13.2 Å². The molecule has 0 radical (unpaired) electrons. The first kappa shape index (κ1) is 21.3. The van der Waals surface area contributed by atoms with Gasteiger partial charge in [0.25, 0.3) is 5.91 Å². The number of ether oxygens (including phenoxy) is 1. The van der Waals surface area contributed by atoms with Crippen LogP contribution in [-0.4, -0.2) is 56.3 Å². The first-order valence-electron chi connectivity index (χ1n) is 10.3. The van der Waals surface area contributed by atoms with E-state index in [4.69, 9.17) is 9.15 Å². The van der Waals surface area contributed by atoms with Crippen molar-refractivity contribution in [1.29, 1.82) is 0 Å². The lowest BCUT2D eigenvalue weighted by Crippen LogP contribution is -2.33. The Balaban J connectivity index is 1.40. The van der Waals surface area contributed by atoms with Crippen LogP contribution in [0, 0.1) is 5.92 Å². The minimum atomic E-state index is -4.60. The molecule has 32 heavy (non-hydrogen) atoms. The second kappa shape index (κ2) is 6.97. The second-order valence-corrected chi connectivity index (χ2v) is 10.9. The predicted octanol–water partition coefficient (Wildman–Crippen LogP) is 3.31. The first-order chi connectivity index (χ1) is 15.0. The number of nitrogens with zero attached hydrogens (tertiary/aromatic N) is 2. The molecule has 0 N–H and O–H groups in total. The van der Waals surface area contributed by atoms with Crippen molar-refractivity contribution in [3.05, 3.63) is 41.6 Å². The van der Waals surface area contributed by atoms with Gasteiger partial charge in [-0.1, -0.05) is 0 Å². The Bertz CT molecular complexity index is 1190. The number of benzene rings is 1. The highest BCUT2D eigenvalue weighted by Crippen LogP contribution is 2.59. The van der Waals surface area contributed by atoms with E-state index in [-0.39, 0.29) is 27.5 Å². The van der Waals surface area contributed by atoms with Crippen LogP contribution < -0.4 is 4.74 Å². The molecule has 1 aliphatic heterocycles. The number of amides is 1. The lowest BCUT2D eigenvalue weighted by molar-refractivity contribution is -0.153. The maximum Gasteiger partial charge on any atom is 0.422 e. The molecule has 5 rings (SSSR count). The largest absolute Gasteiger partial charge is 0.483 e. The van der Waals surface area contributed by atoms with Gasteiger partial charge in [-0.3, -0.25) is 4.79 Å². The molecule has 0 spiro atoms. The summed E-state index contributed by atoms with van der Waals surface area (Å²) in [5.41, 5.74) is 0.291. The Morgan fingerprint density at radius 1 is 1.34 bits per heavy atom. The van der Waals surface area contributed by atoms with Gasteiger partial charge in [-0.15, -0.1) is 0 Å². The van der Waals surface area contributed by atoms with E-state index in [0.717, 1.165) is 49.4 Å². The number of carbonyl (C=O) groups excluding carboxylic acids is 1. The summed E-state index contributed by atoms with van der Waals surface area (Å²) in [7, 11) is -3.67. The first-order valence-corrected chi connectivity index (χ1v) is 12.1. The molecule has 3 aliphatic rings. The maximum atomic E-state index is 13.3. The van der Waals surface area contributed by atoms with Crippen LogP contribution in [0.5, 0.6) is 5.75 Å². The summed E-state index contributed by atoms with van der Waals surface area (Å²) in [6.07, 6.45) is 0.977. The number of likely N-dealkylation sites (tertiary alicyclic amines) is 1. The van der Waals surface area contributed by atoms with Gasteiger partial charge in [0, 0.05) is 30.7 Å². The summed E-state index contributed by atoms with van der Waals surface area (Å²) < 4.78 is 72.4. The van der Waals surface area contributed by atoms with Crippen LogP contribution in [0.3, 0.4) is 0 Å². The fraction of sp³-hybridized carbons (Fsp3) is 0.524. The summed E-state index contributed by atoms with van der Waals surface area (Å²) in [5, 5.41) is 0. The predicted molar refractivity (Wildman–Crippen MR) is 105 cm³/mol. The molecule has 11 heteroatoms. The summed E-state index contributed by atoms with van der Waals surface area (Å²) in [6, 6.07) is 3.32. The number of sulfone groups is 1. The molecule has 1 aromatic heterocycles. The van der Waals surface area contributed by atoms with Crippen molar-refractivity contribution in [2.75, 3.05) is 26.0 Å². The number of oxazole rings is 1. The van der Waals surface area contributed by atoms with Crippen LogP contribution >= 0.6 is 0 Å². The van der Waals surface area contributed by atoms with Crippen LogP contribution in [0.15, 0.2) is 33.8 Å². The number of carbonyl (C=O) groups is 1. The zero-order chi connectivity index (χ0) is 22.9. The third-order valence-corrected chi connectivity index (χ3v) is 7.50. The monoisotopic (exact) mass is 470 g/mol. The van der Waals surface area contributed by atoms with Gasteiger partial charge in [0.1, 0.15) is 12.0 Å². The van der Waals surface area contributed by atoms with Gasteiger partial charge >= 0.3 is 6.18 Å². The third-order valence-electron chi connectivity index (χ3n) is 6.39. The van der Waals surface area contributed by atoms with Crippen molar-refractivity contribution in [1.82, 2.24) is 9.88 Å². The van der Waals surface area contributed by atoms with Gasteiger partial charge < -0.3 is 14.1 Å². The van der Waals surface area contributed by atoms with Crippen molar-refractivity contribution >= 4 is 15.7 Å². The molecule has 1 saturated heterocycles. The Labute approximate surface area is 182 Å². The SMILES string of the molecule is CS(=O)(=O)c1ccc(OCC(F)(F)F)c(C(=O)N2CC3CC3(c3coc(C4CC4)n3)C2)c1. The number of halogens is 3. The number of hydrogen-bond donors (Lipinski definition) is 0. The smallest absolute Gasteiger partial charge is 0.422 e. The van der Waals surface area contributed by atoms with Gasteiger partial charge in [0.2, 0.25) is 0 Å². The Kier molecular flexibility index (Phi) is 4.64. The minimum absolute atomic E-state index is 0.162. The lowest BCUT2D eigenvalue weighted by atomic mass is 10.0. The van der Waals surface area contributed by atoms with E-state index < -0.39 is 28.5 Å². The molecule has 3 fully saturated rings. The van der Waals surface area contributed by atoms with Crippen molar-refractivity contribution in [2.24, 2.45) is 5.92 Å². The molecule has 1 aromatic carbocycles. The number of fused-ring (bicyclic) bond motifs is 1. The topological polar surface area (TPSA) is 89.7 Å².